The highest BCUT2D eigenvalue weighted by molar-refractivity contribution is 6.10. The van der Waals surface area contributed by atoms with E-state index < -0.39 is 11.7 Å². The number of alkyl halides is 3. The third-order valence-electron chi connectivity index (χ3n) is 10.0. The van der Waals surface area contributed by atoms with E-state index in [0.717, 1.165) is 49.9 Å². The van der Waals surface area contributed by atoms with Crippen LogP contribution in [0.3, 0.4) is 0 Å². The summed E-state index contributed by atoms with van der Waals surface area (Å²) in [6, 6.07) is 10.4. The molecule has 3 aromatic rings. The molecule has 1 amide bonds. The molecule has 0 radical (unpaired) electrons. The van der Waals surface area contributed by atoms with Crippen LogP contribution in [0.5, 0.6) is 0 Å². The lowest BCUT2D eigenvalue weighted by Crippen LogP contribution is -2.52. The van der Waals surface area contributed by atoms with Crippen LogP contribution in [0.25, 0.3) is 0 Å². The van der Waals surface area contributed by atoms with Gasteiger partial charge in [0.25, 0.3) is 5.91 Å². The van der Waals surface area contributed by atoms with Gasteiger partial charge in [0.05, 0.1) is 31.2 Å². The number of aromatic nitrogens is 3. The number of aryl methyl sites for hydroxylation is 1. The summed E-state index contributed by atoms with van der Waals surface area (Å²) in [6.45, 7) is 3.21. The molecular formula is C32H36F3N5O2. The topological polar surface area (TPSA) is 72.3 Å². The summed E-state index contributed by atoms with van der Waals surface area (Å²) in [7, 11) is 1.89. The molecule has 4 aliphatic rings. The van der Waals surface area contributed by atoms with Gasteiger partial charge in [-0.3, -0.25) is 4.79 Å². The highest BCUT2D eigenvalue weighted by Gasteiger charge is 2.44. The Balaban J connectivity index is 1.25. The van der Waals surface area contributed by atoms with E-state index in [4.69, 9.17) is 4.74 Å². The van der Waals surface area contributed by atoms with Crippen LogP contribution in [0.1, 0.15) is 95.8 Å². The van der Waals surface area contributed by atoms with Crippen LogP contribution in [0, 0.1) is 11.8 Å². The highest BCUT2D eigenvalue weighted by Crippen LogP contribution is 2.46. The summed E-state index contributed by atoms with van der Waals surface area (Å²) < 4.78 is 51.1. The zero-order valence-electron chi connectivity index (χ0n) is 24.0. The van der Waals surface area contributed by atoms with Crippen LogP contribution < -0.4 is 10.2 Å². The number of fused-ring (bicyclic) bond motifs is 1. The smallest absolute Gasteiger partial charge is 0.381 e. The van der Waals surface area contributed by atoms with Crippen LogP contribution in [-0.4, -0.2) is 39.4 Å². The Labute approximate surface area is 243 Å². The number of hydrogen-bond acceptors (Lipinski definition) is 5. The monoisotopic (exact) mass is 579 g/mol. The van der Waals surface area contributed by atoms with Crippen molar-refractivity contribution in [1.29, 1.82) is 0 Å². The summed E-state index contributed by atoms with van der Waals surface area (Å²) >= 11 is 0. The van der Waals surface area contributed by atoms with Gasteiger partial charge in [-0.05, 0) is 85.9 Å². The molecule has 222 valence electrons. The van der Waals surface area contributed by atoms with Crippen LogP contribution in [0.15, 0.2) is 42.7 Å². The Morgan fingerprint density at radius 2 is 1.86 bits per heavy atom. The third-order valence-corrected chi connectivity index (χ3v) is 10.0. The zero-order valence-corrected chi connectivity index (χ0v) is 24.0. The zero-order chi connectivity index (χ0) is 29.2. The van der Waals surface area contributed by atoms with Crippen molar-refractivity contribution in [3.8, 4) is 0 Å². The molecule has 1 saturated heterocycles. The Kier molecular flexibility index (Phi) is 6.69. The first-order valence-corrected chi connectivity index (χ1v) is 15.0. The first-order chi connectivity index (χ1) is 20.1. The third kappa shape index (κ3) is 4.72. The average Bonchev–Trinajstić information content (AvgIpc) is 3.45. The number of anilines is 1. The van der Waals surface area contributed by atoms with Crippen LogP contribution in [-0.2, 0) is 24.5 Å². The number of nitrogens with zero attached hydrogens (tertiary/aromatic N) is 4. The Morgan fingerprint density at radius 3 is 2.43 bits per heavy atom. The first kappa shape index (κ1) is 27.6. The van der Waals surface area contributed by atoms with Gasteiger partial charge in [0.2, 0.25) is 0 Å². The van der Waals surface area contributed by atoms with E-state index in [2.05, 4.69) is 22.4 Å². The van der Waals surface area contributed by atoms with Crippen LogP contribution in [0.4, 0.5) is 18.9 Å². The molecule has 2 aliphatic carbocycles. The van der Waals surface area contributed by atoms with E-state index in [-0.39, 0.29) is 52.9 Å². The second-order valence-corrected chi connectivity index (χ2v) is 12.9. The second-order valence-electron chi connectivity index (χ2n) is 12.9. The number of carbonyl (C=O) groups is 1. The van der Waals surface area contributed by atoms with E-state index in [1.165, 1.54) is 11.0 Å². The van der Waals surface area contributed by atoms with Gasteiger partial charge in [0.15, 0.2) is 0 Å². The second kappa shape index (κ2) is 10.2. The van der Waals surface area contributed by atoms with E-state index >= 15 is 0 Å². The quantitative estimate of drug-likeness (QED) is 0.347. The van der Waals surface area contributed by atoms with Gasteiger partial charge in [0, 0.05) is 35.8 Å². The van der Waals surface area contributed by atoms with E-state index in [9.17, 15) is 18.0 Å². The van der Waals surface area contributed by atoms with Gasteiger partial charge >= 0.3 is 6.18 Å². The first-order valence-electron chi connectivity index (χ1n) is 15.0. The molecule has 7 rings (SSSR count). The number of halogens is 3. The molecule has 1 aromatic heterocycles. The molecule has 3 fully saturated rings. The van der Waals surface area contributed by atoms with Crippen molar-refractivity contribution in [1.82, 2.24) is 20.1 Å². The standard InChI is InChI=1S/C32H36F3N5O2/c1-31(10-5-11-31)37-28(19-6-3-7-19)21-13-24-25(26(14-21)32(33,34)35)15-40(30(24)41)23-9-4-8-20(12-23)27(22-16-42-17-22)29-38-36-18-39(29)2/h4,8-9,12-14,18-19,22,27-28,37H,3,5-7,10-11,15-17H2,1-2H3/t27-,28+/m0/s1. The molecule has 7 nitrogen and oxygen atoms in total. The fourth-order valence-electron chi connectivity index (χ4n) is 7.08. The predicted molar refractivity (Wildman–Crippen MR) is 151 cm³/mol. The Hall–Kier alpha value is -3.24. The largest absolute Gasteiger partial charge is 0.416 e. The van der Waals surface area contributed by atoms with Crippen molar-refractivity contribution >= 4 is 11.6 Å². The van der Waals surface area contributed by atoms with Gasteiger partial charge in [-0.25, -0.2) is 0 Å². The maximum absolute atomic E-state index is 14.6. The fourth-order valence-corrected chi connectivity index (χ4v) is 7.08. The number of benzene rings is 2. The molecule has 2 aromatic carbocycles. The minimum atomic E-state index is -4.57. The molecule has 1 N–H and O–H groups in total. The van der Waals surface area contributed by atoms with Crippen LogP contribution in [0.2, 0.25) is 0 Å². The summed E-state index contributed by atoms with van der Waals surface area (Å²) in [5.41, 5.74) is 1.53. The highest BCUT2D eigenvalue weighted by atomic mass is 19.4. The van der Waals surface area contributed by atoms with Gasteiger partial charge < -0.3 is 19.5 Å². The number of ether oxygens (including phenoxy) is 1. The number of nitrogens with one attached hydrogen (secondary N) is 1. The van der Waals surface area contributed by atoms with E-state index in [1.54, 1.807) is 18.5 Å². The van der Waals surface area contributed by atoms with Crippen molar-refractivity contribution in [2.45, 2.75) is 75.7 Å². The maximum Gasteiger partial charge on any atom is 0.416 e. The van der Waals surface area contributed by atoms with Crippen molar-refractivity contribution in [3.05, 3.63) is 76.4 Å². The summed E-state index contributed by atoms with van der Waals surface area (Å²) in [5, 5.41) is 12.1. The number of carbonyl (C=O) groups excluding carboxylic acids is 1. The molecule has 2 saturated carbocycles. The molecule has 42 heavy (non-hydrogen) atoms. The van der Waals surface area contributed by atoms with Crippen LogP contribution >= 0.6 is 0 Å². The molecule has 0 unspecified atom stereocenters. The molecule has 2 atom stereocenters. The maximum atomic E-state index is 14.6. The molecular weight excluding hydrogens is 543 g/mol. The van der Waals surface area contributed by atoms with Gasteiger partial charge in [-0.15, -0.1) is 10.2 Å². The van der Waals surface area contributed by atoms with Gasteiger partial charge in [-0.1, -0.05) is 18.6 Å². The van der Waals surface area contributed by atoms with Gasteiger partial charge in [-0.2, -0.15) is 13.2 Å². The lowest BCUT2D eigenvalue weighted by Gasteiger charge is -2.46. The average molecular weight is 580 g/mol. The minimum Gasteiger partial charge on any atom is -0.381 e. The molecule has 3 heterocycles. The van der Waals surface area contributed by atoms with Crippen molar-refractivity contribution in [2.75, 3.05) is 18.1 Å². The van der Waals surface area contributed by atoms with Crippen molar-refractivity contribution < 1.29 is 22.7 Å². The van der Waals surface area contributed by atoms with Gasteiger partial charge in [0.1, 0.15) is 12.2 Å². The van der Waals surface area contributed by atoms with Crippen molar-refractivity contribution in [3.63, 3.8) is 0 Å². The molecule has 0 bridgehead atoms. The van der Waals surface area contributed by atoms with E-state index in [0.29, 0.717) is 24.5 Å². The fraction of sp³-hybridized carbons (Fsp3) is 0.531. The number of hydrogen-bond donors (Lipinski definition) is 1. The Bertz CT molecular complexity index is 1510. The molecule has 2 aliphatic heterocycles. The number of rotatable bonds is 8. The normalized spacial score (nSPS) is 21.8. The predicted octanol–water partition coefficient (Wildman–Crippen LogP) is 6.15. The molecule has 10 heteroatoms. The summed E-state index contributed by atoms with van der Waals surface area (Å²) in [5.74, 6) is 0.765. The van der Waals surface area contributed by atoms with E-state index in [1.807, 2.05) is 29.8 Å². The lowest BCUT2D eigenvalue weighted by molar-refractivity contribution is -0.138. The summed E-state index contributed by atoms with van der Waals surface area (Å²) in [4.78, 5) is 15.4. The number of amides is 1. The van der Waals surface area contributed by atoms with Crippen molar-refractivity contribution in [2.24, 2.45) is 18.9 Å². The SMILES string of the molecule is Cn1cnnc1[C@@H](c1cccc(N2Cc3c(cc([C@H](NC4(C)CCC4)C4CCC4)cc3C(F)(F)F)C2=O)c1)C1COC1. The Morgan fingerprint density at radius 1 is 1.07 bits per heavy atom. The summed E-state index contributed by atoms with van der Waals surface area (Å²) in [6.07, 6.45) is 3.29. The molecule has 0 spiro atoms. The lowest BCUT2D eigenvalue weighted by atomic mass is 9.72. The minimum absolute atomic E-state index is 0.0566.